The van der Waals surface area contributed by atoms with Crippen molar-refractivity contribution < 1.29 is 14.8 Å². The molecule has 1 aromatic rings. The summed E-state index contributed by atoms with van der Waals surface area (Å²) in [5.74, 6) is 0.466. The van der Waals surface area contributed by atoms with Crippen LogP contribution in [0.5, 0.6) is 5.75 Å². The van der Waals surface area contributed by atoms with Crippen LogP contribution in [0, 0.1) is 10.1 Å². The van der Waals surface area contributed by atoms with Crippen LogP contribution in [0.25, 0.3) is 0 Å². The molecule has 0 aliphatic carbocycles. The Bertz CT molecular complexity index is 462. The molecule has 0 saturated heterocycles. The third kappa shape index (κ3) is 3.85. The van der Waals surface area contributed by atoms with E-state index in [4.69, 9.17) is 4.74 Å². The summed E-state index contributed by atoms with van der Waals surface area (Å²) < 4.78 is 5.49. The first kappa shape index (κ1) is 14.2. The molecule has 0 saturated carbocycles. The number of aliphatic hydroxyl groups excluding tert-OH is 1. The zero-order chi connectivity index (χ0) is 13.7. The number of hydrogen-bond acceptors (Lipinski definition) is 4. The highest BCUT2D eigenvalue weighted by Crippen LogP contribution is 2.29. The molecule has 0 amide bonds. The number of nitrogens with zero attached hydrogens (tertiary/aromatic N) is 1. The smallest absolute Gasteiger partial charge is 0.270 e. The summed E-state index contributed by atoms with van der Waals surface area (Å²) in [5, 5.41) is 20.3. The Kier molecular flexibility index (Phi) is 4.85. The monoisotopic (exact) mass is 251 g/mol. The van der Waals surface area contributed by atoms with E-state index in [0.29, 0.717) is 17.9 Å². The summed E-state index contributed by atoms with van der Waals surface area (Å²) in [5.41, 5.74) is 1.49. The molecule has 0 aliphatic rings. The lowest BCUT2D eigenvalue weighted by atomic mass is 10.1. The van der Waals surface area contributed by atoms with Gasteiger partial charge in [0.2, 0.25) is 0 Å². The lowest BCUT2D eigenvalue weighted by Gasteiger charge is -2.12. The lowest BCUT2D eigenvalue weighted by molar-refractivity contribution is -0.385. The second kappa shape index (κ2) is 6.16. The molecule has 1 N–H and O–H groups in total. The first-order valence-electron chi connectivity index (χ1n) is 5.64. The van der Waals surface area contributed by atoms with E-state index in [9.17, 15) is 15.2 Å². The van der Waals surface area contributed by atoms with Crippen molar-refractivity contribution in [2.75, 3.05) is 6.61 Å². The predicted molar refractivity (Wildman–Crippen MR) is 68.7 cm³/mol. The molecule has 98 valence electrons. The van der Waals surface area contributed by atoms with Crippen molar-refractivity contribution in [3.63, 3.8) is 0 Å². The molecule has 0 fully saturated rings. The Balaban J connectivity index is 2.97. The molecule has 1 atom stereocenters. The Morgan fingerprint density at radius 1 is 1.56 bits per heavy atom. The van der Waals surface area contributed by atoms with E-state index in [0.717, 1.165) is 5.57 Å². The summed E-state index contributed by atoms with van der Waals surface area (Å²) in [6.07, 6.45) is 1.08. The van der Waals surface area contributed by atoms with E-state index in [2.05, 4.69) is 0 Å². The number of nitro benzene ring substituents is 1. The van der Waals surface area contributed by atoms with Crippen molar-refractivity contribution in [1.29, 1.82) is 0 Å². The van der Waals surface area contributed by atoms with Gasteiger partial charge in [-0.05, 0) is 32.9 Å². The van der Waals surface area contributed by atoms with Crippen LogP contribution in [0.15, 0.2) is 29.8 Å². The third-order valence-electron chi connectivity index (χ3n) is 2.38. The van der Waals surface area contributed by atoms with Crippen LogP contribution in [0.2, 0.25) is 0 Å². The maximum Gasteiger partial charge on any atom is 0.270 e. The molecule has 1 unspecified atom stereocenters. The van der Waals surface area contributed by atoms with E-state index < -0.39 is 11.0 Å². The van der Waals surface area contributed by atoms with Crippen molar-refractivity contribution in [3.05, 3.63) is 45.5 Å². The van der Waals surface area contributed by atoms with Gasteiger partial charge < -0.3 is 9.84 Å². The van der Waals surface area contributed by atoms with Crippen molar-refractivity contribution >= 4 is 5.69 Å². The molecule has 0 heterocycles. The number of non-ortho nitro benzene ring substituents is 1. The molecule has 0 aromatic heterocycles. The highest BCUT2D eigenvalue weighted by molar-refractivity contribution is 5.44. The van der Waals surface area contributed by atoms with Crippen LogP contribution in [-0.4, -0.2) is 16.6 Å². The zero-order valence-electron chi connectivity index (χ0n) is 10.7. The van der Waals surface area contributed by atoms with Gasteiger partial charge in [-0.2, -0.15) is 0 Å². The van der Waals surface area contributed by atoms with Crippen molar-refractivity contribution in [2.45, 2.75) is 26.9 Å². The van der Waals surface area contributed by atoms with E-state index in [-0.39, 0.29) is 5.69 Å². The highest BCUT2D eigenvalue weighted by atomic mass is 16.6. The molecule has 1 aromatic carbocycles. The lowest BCUT2D eigenvalue weighted by Crippen LogP contribution is -2.02. The average molecular weight is 251 g/mol. The van der Waals surface area contributed by atoms with Crippen molar-refractivity contribution in [2.24, 2.45) is 0 Å². The highest BCUT2D eigenvalue weighted by Gasteiger charge is 2.15. The fourth-order valence-electron chi connectivity index (χ4n) is 1.41. The van der Waals surface area contributed by atoms with Crippen molar-refractivity contribution in [3.8, 4) is 5.75 Å². The van der Waals surface area contributed by atoms with Gasteiger partial charge in [-0.25, -0.2) is 0 Å². The number of ether oxygens (including phenoxy) is 1. The van der Waals surface area contributed by atoms with Gasteiger partial charge in [-0.1, -0.05) is 5.57 Å². The number of allylic oxidation sites excluding steroid dienone is 1. The van der Waals surface area contributed by atoms with Gasteiger partial charge in [0.1, 0.15) is 12.4 Å². The van der Waals surface area contributed by atoms with Crippen LogP contribution in [0.3, 0.4) is 0 Å². The molecule has 18 heavy (non-hydrogen) atoms. The minimum Gasteiger partial charge on any atom is -0.489 e. The van der Waals surface area contributed by atoms with Gasteiger partial charge in [0, 0.05) is 17.7 Å². The Morgan fingerprint density at radius 2 is 2.22 bits per heavy atom. The maximum absolute atomic E-state index is 10.7. The van der Waals surface area contributed by atoms with E-state index >= 15 is 0 Å². The fraction of sp³-hybridized carbons (Fsp3) is 0.385. The first-order chi connectivity index (χ1) is 8.41. The van der Waals surface area contributed by atoms with E-state index in [1.165, 1.54) is 18.2 Å². The van der Waals surface area contributed by atoms with E-state index in [1.807, 2.05) is 19.9 Å². The largest absolute Gasteiger partial charge is 0.489 e. The zero-order valence-corrected chi connectivity index (χ0v) is 10.7. The van der Waals surface area contributed by atoms with Gasteiger partial charge in [0.25, 0.3) is 5.69 Å². The number of nitro groups is 1. The fourth-order valence-corrected chi connectivity index (χ4v) is 1.41. The molecular weight excluding hydrogens is 234 g/mol. The molecule has 0 aliphatic heterocycles. The van der Waals surface area contributed by atoms with Crippen LogP contribution in [0.4, 0.5) is 5.69 Å². The number of hydrogen-bond donors (Lipinski definition) is 1. The summed E-state index contributed by atoms with van der Waals surface area (Å²) >= 11 is 0. The van der Waals surface area contributed by atoms with Crippen molar-refractivity contribution in [1.82, 2.24) is 0 Å². The van der Waals surface area contributed by atoms with Gasteiger partial charge in [0.15, 0.2) is 0 Å². The van der Waals surface area contributed by atoms with Gasteiger partial charge in [-0.15, -0.1) is 0 Å². The predicted octanol–water partition coefficient (Wildman–Crippen LogP) is 2.99. The second-order valence-corrected chi connectivity index (χ2v) is 4.25. The number of aliphatic hydroxyl groups is 1. The Morgan fingerprint density at radius 3 is 2.72 bits per heavy atom. The summed E-state index contributed by atoms with van der Waals surface area (Å²) in [6.45, 7) is 5.83. The van der Waals surface area contributed by atoms with Crippen LogP contribution >= 0.6 is 0 Å². The first-order valence-corrected chi connectivity index (χ1v) is 5.64. The summed E-state index contributed by atoms with van der Waals surface area (Å²) in [4.78, 5) is 10.2. The van der Waals surface area contributed by atoms with Gasteiger partial charge in [0.05, 0.1) is 11.0 Å². The Labute approximate surface area is 106 Å². The van der Waals surface area contributed by atoms with Crippen LogP contribution in [0.1, 0.15) is 32.4 Å². The summed E-state index contributed by atoms with van der Waals surface area (Å²) in [6, 6.07) is 4.21. The minimum absolute atomic E-state index is 0.0551. The quantitative estimate of drug-likeness (QED) is 0.496. The molecular formula is C13H17NO4. The SMILES string of the molecule is CC(C)=CCOc1ccc([N+](=O)[O-])cc1C(C)O. The Hall–Kier alpha value is -1.88. The molecule has 0 spiro atoms. The summed E-state index contributed by atoms with van der Waals surface area (Å²) in [7, 11) is 0. The van der Waals surface area contributed by atoms with Crippen LogP contribution in [-0.2, 0) is 0 Å². The molecule has 0 radical (unpaired) electrons. The van der Waals surface area contributed by atoms with Gasteiger partial charge in [-0.3, -0.25) is 10.1 Å². The molecule has 5 heteroatoms. The second-order valence-electron chi connectivity index (χ2n) is 4.25. The normalized spacial score (nSPS) is 11.8. The van der Waals surface area contributed by atoms with E-state index in [1.54, 1.807) is 6.92 Å². The molecule has 1 rings (SSSR count). The molecule has 5 nitrogen and oxygen atoms in total. The van der Waals surface area contributed by atoms with Gasteiger partial charge >= 0.3 is 0 Å². The number of benzene rings is 1. The average Bonchev–Trinajstić information content (AvgIpc) is 2.28. The van der Waals surface area contributed by atoms with Crippen LogP contribution < -0.4 is 4.74 Å². The number of rotatable bonds is 5. The third-order valence-corrected chi connectivity index (χ3v) is 2.38. The molecule has 0 bridgehead atoms. The minimum atomic E-state index is -0.813. The maximum atomic E-state index is 10.7. The standard InChI is InChI=1S/C13H17NO4/c1-9(2)6-7-18-13-5-4-11(14(16)17)8-12(13)10(3)15/h4-6,8,10,15H,7H2,1-3H3. The topological polar surface area (TPSA) is 72.6 Å².